The largest absolute Gasteiger partial charge is 0.497 e. The normalized spacial score (nSPS) is 15.2. The highest BCUT2D eigenvalue weighted by Gasteiger charge is 2.26. The van der Waals surface area contributed by atoms with Crippen LogP contribution < -0.4 is 25.0 Å². The highest BCUT2D eigenvalue weighted by atomic mass is 16.5. The number of aryl methyl sites for hydroxylation is 1. The molecule has 0 saturated carbocycles. The molecule has 0 fully saturated rings. The molecule has 6 nitrogen and oxygen atoms in total. The quantitative estimate of drug-likeness (QED) is 0.412. The number of para-hydroxylation sites is 1. The fourth-order valence-electron chi connectivity index (χ4n) is 4.66. The third-order valence-corrected chi connectivity index (χ3v) is 6.78. The van der Waals surface area contributed by atoms with Gasteiger partial charge < -0.3 is 25.0 Å². The first-order chi connectivity index (χ1) is 17.2. The maximum absolute atomic E-state index is 13.1. The Morgan fingerprint density at radius 1 is 1.00 bits per heavy atom. The molecule has 0 saturated heterocycles. The third-order valence-electron chi connectivity index (χ3n) is 6.78. The molecule has 1 atom stereocenters. The molecule has 0 bridgehead atoms. The number of methoxy groups -OCH3 is 2. The summed E-state index contributed by atoms with van der Waals surface area (Å²) >= 11 is 0. The maximum Gasteiger partial charge on any atom is 0.319 e. The first-order valence-corrected chi connectivity index (χ1v) is 12.4. The van der Waals surface area contributed by atoms with Gasteiger partial charge in [-0.3, -0.25) is 0 Å². The van der Waals surface area contributed by atoms with E-state index in [9.17, 15) is 4.79 Å². The number of nitrogens with zero attached hydrogens (tertiary/aromatic N) is 1. The average Bonchev–Trinajstić information content (AvgIpc) is 2.86. The molecular weight excluding hydrogens is 450 g/mol. The zero-order chi connectivity index (χ0) is 25.9. The molecule has 36 heavy (non-hydrogen) atoms. The minimum atomic E-state index is -0.185. The van der Waals surface area contributed by atoms with Crippen molar-refractivity contribution in [2.45, 2.75) is 52.1 Å². The summed E-state index contributed by atoms with van der Waals surface area (Å²) in [5.41, 5.74) is 6.45. The topological polar surface area (TPSA) is 62.8 Å². The molecule has 6 heteroatoms. The summed E-state index contributed by atoms with van der Waals surface area (Å²) in [4.78, 5) is 15.4. The van der Waals surface area contributed by atoms with Gasteiger partial charge in [0.1, 0.15) is 11.5 Å². The van der Waals surface area contributed by atoms with Gasteiger partial charge in [0.25, 0.3) is 0 Å². The smallest absolute Gasteiger partial charge is 0.319 e. The lowest BCUT2D eigenvalue weighted by molar-refractivity contribution is 0.247. The molecule has 0 spiro atoms. The Morgan fingerprint density at radius 3 is 2.36 bits per heavy atom. The van der Waals surface area contributed by atoms with Gasteiger partial charge in [-0.15, -0.1) is 0 Å². The number of carbonyl (C=O) groups is 1. The number of rotatable bonds is 6. The summed E-state index contributed by atoms with van der Waals surface area (Å²) in [6.45, 7) is 10.1. The van der Waals surface area contributed by atoms with Crippen LogP contribution in [0.3, 0.4) is 0 Å². The average molecular weight is 488 g/mol. The Bertz CT molecular complexity index is 1210. The molecular formula is C30H37N3O3. The van der Waals surface area contributed by atoms with Crippen LogP contribution in [0.25, 0.3) is 0 Å². The summed E-state index contributed by atoms with van der Waals surface area (Å²) in [5, 5.41) is 6.30. The molecule has 1 aliphatic rings. The lowest BCUT2D eigenvalue weighted by atomic mass is 9.86. The number of ether oxygens (including phenoxy) is 2. The van der Waals surface area contributed by atoms with Crippen LogP contribution in [0.2, 0.25) is 0 Å². The fourth-order valence-corrected chi connectivity index (χ4v) is 4.66. The van der Waals surface area contributed by atoms with Gasteiger partial charge in [-0.25, -0.2) is 4.79 Å². The number of hydrogen-bond acceptors (Lipinski definition) is 4. The minimum absolute atomic E-state index is 0.0131. The lowest BCUT2D eigenvalue weighted by Crippen LogP contribution is -2.39. The fraction of sp³-hybridized carbons (Fsp3) is 0.367. The van der Waals surface area contributed by atoms with E-state index in [1.54, 1.807) is 14.2 Å². The number of anilines is 2. The van der Waals surface area contributed by atoms with Crippen LogP contribution in [-0.4, -0.2) is 26.8 Å². The summed E-state index contributed by atoms with van der Waals surface area (Å²) < 4.78 is 10.9. The molecule has 0 aromatic heterocycles. The molecule has 0 aliphatic carbocycles. The Kier molecular flexibility index (Phi) is 7.43. The van der Waals surface area contributed by atoms with Crippen LogP contribution in [0, 0.1) is 6.92 Å². The Balaban J connectivity index is 1.50. The summed E-state index contributed by atoms with van der Waals surface area (Å²) in [6, 6.07) is 20.3. The van der Waals surface area contributed by atoms with Crippen LogP contribution in [0.15, 0.2) is 60.7 Å². The van der Waals surface area contributed by atoms with Crippen molar-refractivity contribution in [2.24, 2.45) is 0 Å². The molecule has 4 rings (SSSR count). The number of hydrogen-bond donors (Lipinski definition) is 2. The van der Waals surface area contributed by atoms with Crippen LogP contribution in [0.4, 0.5) is 16.2 Å². The van der Waals surface area contributed by atoms with Gasteiger partial charge in [0.2, 0.25) is 0 Å². The number of fused-ring (bicyclic) bond motifs is 1. The molecule has 1 aliphatic heterocycles. The lowest BCUT2D eigenvalue weighted by Gasteiger charge is -2.36. The highest BCUT2D eigenvalue weighted by Crippen LogP contribution is 2.35. The van der Waals surface area contributed by atoms with Gasteiger partial charge in [-0.1, -0.05) is 51.1 Å². The predicted octanol–water partition coefficient (Wildman–Crippen LogP) is 6.58. The summed E-state index contributed by atoms with van der Waals surface area (Å²) in [5.74, 6) is 1.55. The van der Waals surface area contributed by atoms with E-state index in [2.05, 4.69) is 66.6 Å². The van der Waals surface area contributed by atoms with Gasteiger partial charge in [0, 0.05) is 30.5 Å². The van der Waals surface area contributed by atoms with Gasteiger partial charge in [-0.2, -0.15) is 0 Å². The molecule has 1 unspecified atom stereocenters. The van der Waals surface area contributed by atoms with Gasteiger partial charge in [0.15, 0.2) is 0 Å². The Hall–Kier alpha value is -3.67. The zero-order valence-corrected chi connectivity index (χ0v) is 22.1. The van der Waals surface area contributed by atoms with Crippen LogP contribution in [0.1, 0.15) is 55.5 Å². The molecule has 3 aromatic rings. The predicted molar refractivity (Wildman–Crippen MR) is 146 cm³/mol. The van der Waals surface area contributed by atoms with Gasteiger partial charge in [0.05, 0.1) is 20.3 Å². The minimum Gasteiger partial charge on any atom is -0.497 e. The molecule has 0 radical (unpaired) electrons. The monoisotopic (exact) mass is 487 g/mol. The Labute approximate surface area is 214 Å². The van der Waals surface area contributed by atoms with E-state index in [4.69, 9.17) is 9.47 Å². The van der Waals surface area contributed by atoms with E-state index >= 15 is 0 Å². The standard InChI is InChI=1S/C30H37N3O3/c1-20-11-12-22(30(2,3)4)17-27(20)32-29(34)31-26-13-14-33(28-10-8-7-9-25(26)28)19-21-15-23(35-5)18-24(16-21)36-6/h7-12,15-18,26H,13-14,19H2,1-6H3,(H2,31,32,34). The van der Waals surface area contributed by atoms with Crippen molar-refractivity contribution >= 4 is 17.4 Å². The van der Waals surface area contributed by atoms with Crippen LogP contribution in [-0.2, 0) is 12.0 Å². The molecule has 2 N–H and O–H groups in total. The van der Waals surface area contributed by atoms with E-state index in [0.29, 0.717) is 0 Å². The number of carbonyl (C=O) groups excluding carboxylic acids is 1. The molecule has 2 amide bonds. The molecule has 190 valence electrons. The number of nitrogens with one attached hydrogen (secondary N) is 2. The van der Waals surface area contributed by atoms with Crippen LogP contribution in [0.5, 0.6) is 11.5 Å². The van der Waals surface area contributed by atoms with Crippen molar-refractivity contribution in [2.75, 3.05) is 31.0 Å². The second kappa shape index (κ2) is 10.5. The first-order valence-electron chi connectivity index (χ1n) is 12.4. The number of amides is 2. The van der Waals surface area contributed by atoms with Crippen molar-refractivity contribution in [3.8, 4) is 11.5 Å². The van der Waals surface area contributed by atoms with Crippen LogP contribution >= 0.6 is 0 Å². The number of benzene rings is 3. The van der Waals surface area contributed by atoms with E-state index in [-0.39, 0.29) is 17.5 Å². The van der Waals surface area contributed by atoms with Crippen molar-refractivity contribution < 1.29 is 14.3 Å². The van der Waals surface area contributed by atoms with E-state index in [0.717, 1.165) is 59.1 Å². The molecule has 3 aromatic carbocycles. The maximum atomic E-state index is 13.1. The van der Waals surface area contributed by atoms with Crippen molar-refractivity contribution in [1.29, 1.82) is 0 Å². The third kappa shape index (κ3) is 5.76. The second-order valence-corrected chi connectivity index (χ2v) is 10.4. The summed E-state index contributed by atoms with van der Waals surface area (Å²) in [7, 11) is 3.33. The van der Waals surface area contributed by atoms with Crippen molar-refractivity contribution in [1.82, 2.24) is 5.32 Å². The second-order valence-electron chi connectivity index (χ2n) is 10.4. The van der Waals surface area contributed by atoms with Gasteiger partial charge >= 0.3 is 6.03 Å². The van der Waals surface area contributed by atoms with E-state index in [1.165, 1.54) is 5.56 Å². The van der Waals surface area contributed by atoms with Gasteiger partial charge in [-0.05, 0) is 65.3 Å². The van der Waals surface area contributed by atoms with E-state index < -0.39 is 0 Å². The van der Waals surface area contributed by atoms with E-state index in [1.807, 2.05) is 37.3 Å². The van der Waals surface area contributed by atoms with Crippen molar-refractivity contribution in [3.63, 3.8) is 0 Å². The SMILES string of the molecule is COc1cc(CN2CCC(NC(=O)Nc3cc(C(C)(C)C)ccc3C)c3ccccc32)cc(OC)c1. The summed E-state index contributed by atoms with van der Waals surface area (Å²) in [6.07, 6.45) is 0.812. The van der Waals surface area contributed by atoms with Crippen molar-refractivity contribution in [3.05, 3.63) is 82.9 Å². The molecule has 1 heterocycles. The number of urea groups is 1. The first kappa shape index (κ1) is 25.4. The highest BCUT2D eigenvalue weighted by molar-refractivity contribution is 5.90. The zero-order valence-electron chi connectivity index (χ0n) is 22.1. The Morgan fingerprint density at radius 2 is 1.69 bits per heavy atom.